The maximum absolute atomic E-state index is 12.0. The van der Waals surface area contributed by atoms with E-state index in [0.29, 0.717) is 28.4 Å². The van der Waals surface area contributed by atoms with Crippen LogP contribution < -0.4 is 14.2 Å². The molecule has 26 heavy (non-hydrogen) atoms. The summed E-state index contributed by atoms with van der Waals surface area (Å²) < 4.78 is 16.8. The van der Waals surface area contributed by atoms with E-state index in [4.69, 9.17) is 14.2 Å². The molecule has 1 aliphatic rings. The molecule has 6 heteroatoms. The molecule has 0 amide bonds. The molecule has 0 spiro atoms. The number of esters is 1. The molecule has 0 atom stereocenters. The van der Waals surface area contributed by atoms with Crippen LogP contribution in [-0.4, -0.2) is 30.7 Å². The summed E-state index contributed by atoms with van der Waals surface area (Å²) >= 11 is 3.97. The average molecular weight is 391 g/mol. The molecule has 0 bridgehead atoms. The molecule has 0 radical (unpaired) electrons. The normalized spacial score (nSPS) is 14.7. The second-order valence-corrected chi connectivity index (χ2v) is 8.36. The van der Waals surface area contributed by atoms with Crippen LogP contribution in [0.1, 0.15) is 23.5 Å². The third-order valence-corrected chi connectivity index (χ3v) is 6.72. The highest BCUT2D eigenvalue weighted by molar-refractivity contribution is 8.16. The number of carbonyl (C=O) groups excluding carboxylic acids is 1. The van der Waals surface area contributed by atoms with Crippen molar-refractivity contribution in [2.24, 2.45) is 0 Å². The smallest absolute Gasteiger partial charge is 0.349 e. The molecule has 0 saturated carbocycles. The Morgan fingerprint density at radius 3 is 2.38 bits per heavy atom. The van der Waals surface area contributed by atoms with Gasteiger partial charge in [0.25, 0.3) is 0 Å². The summed E-state index contributed by atoms with van der Waals surface area (Å²) in [6.07, 6.45) is 1.28. The van der Waals surface area contributed by atoms with Gasteiger partial charge in [-0.2, -0.15) is 0 Å². The molecule has 0 aromatic heterocycles. The van der Waals surface area contributed by atoms with Crippen LogP contribution in [0.2, 0.25) is 0 Å². The molecule has 1 saturated heterocycles. The topological polar surface area (TPSA) is 44.8 Å². The summed E-state index contributed by atoms with van der Waals surface area (Å²) in [5, 5.41) is 0. The Balaban J connectivity index is 1.51. The van der Waals surface area contributed by atoms with E-state index in [-0.39, 0.29) is 6.61 Å². The van der Waals surface area contributed by atoms with Crippen molar-refractivity contribution in [3.63, 3.8) is 0 Å². The molecular formula is C20H22O4S2. The van der Waals surface area contributed by atoms with E-state index in [1.54, 1.807) is 18.2 Å². The number of ether oxygens (including phenoxy) is 3. The molecule has 0 unspecified atom stereocenters. The van der Waals surface area contributed by atoms with E-state index in [1.165, 1.54) is 23.5 Å². The van der Waals surface area contributed by atoms with Gasteiger partial charge in [0.15, 0.2) is 18.1 Å². The van der Waals surface area contributed by atoms with E-state index >= 15 is 0 Å². The van der Waals surface area contributed by atoms with Gasteiger partial charge in [0.2, 0.25) is 0 Å². The van der Waals surface area contributed by atoms with E-state index in [2.05, 4.69) is 12.1 Å². The van der Waals surface area contributed by atoms with E-state index in [9.17, 15) is 4.79 Å². The van der Waals surface area contributed by atoms with Gasteiger partial charge in [-0.3, -0.25) is 0 Å². The van der Waals surface area contributed by atoms with Crippen molar-refractivity contribution in [1.29, 1.82) is 0 Å². The lowest BCUT2D eigenvalue weighted by molar-refractivity contribution is -0.136. The summed E-state index contributed by atoms with van der Waals surface area (Å²) in [7, 11) is 0. The minimum Gasteiger partial charge on any atom is -0.490 e. The molecule has 2 aromatic rings. The van der Waals surface area contributed by atoms with Crippen molar-refractivity contribution in [1.82, 2.24) is 0 Å². The Morgan fingerprint density at radius 1 is 1.00 bits per heavy atom. The molecule has 3 rings (SSSR count). The van der Waals surface area contributed by atoms with Crippen LogP contribution in [0.15, 0.2) is 48.5 Å². The molecule has 1 aliphatic heterocycles. The van der Waals surface area contributed by atoms with Crippen molar-refractivity contribution >= 4 is 29.5 Å². The SMILES string of the molecule is CCOc1ccccc1OC(=O)COc1ccc(C2SCCCS2)cc1. The highest BCUT2D eigenvalue weighted by Crippen LogP contribution is 2.43. The Labute approximate surface area is 162 Å². The third kappa shape index (κ3) is 5.35. The lowest BCUT2D eigenvalue weighted by Gasteiger charge is -2.21. The first-order valence-corrected chi connectivity index (χ1v) is 10.7. The van der Waals surface area contributed by atoms with Gasteiger partial charge >= 0.3 is 5.97 Å². The van der Waals surface area contributed by atoms with Crippen LogP contribution >= 0.6 is 23.5 Å². The fraction of sp³-hybridized carbons (Fsp3) is 0.350. The number of carbonyl (C=O) groups is 1. The minimum absolute atomic E-state index is 0.146. The van der Waals surface area contributed by atoms with Gasteiger partial charge in [-0.15, -0.1) is 23.5 Å². The summed E-state index contributed by atoms with van der Waals surface area (Å²) in [4.78, 5) is 12.0. The molecule has 0 N–H and O–H groups in total. The predicted molar refractivity (Wildman–Crippen MR) is 107 cm³/mol. The zero-order chi connectivity index (χ0) is 18.2. The summed E-state index contributed by atoms with van der Waals surface area (Å²) in [6, 6.07) is 15.1. The monoisotopic (exact) mass is 390 g/mol. The Hall–Kier alpha value is -1.79. The van der Waals surface area contributed by atoms with Gasteiger partial charge in [0, 0.05) is 0 Å². The number of thioether (sulfide) groups is 2. The molecule has 0 aliphatic carbocycles. The van der Waals surface area contributed by atoms with Crippen LogP contribution in [0.5, 0.6) is 17.2 Å². The van der Waals surface area contributed by atoms with E-state index in [1.807, 2.05) is 48.6 Å². The van der Waals surface area contributed by atoms with Gasteiger partial charge in [0.05, 0.1) is 11.2 Å². The first kappa shape index (κ1) is 19.0. The van der Waals surface area contributed by atoms with Crippen molar-refractivity contribution in [3.8, 4) is 17.2 Å². The van der Waals surface area contributed by atoms with E-state index in [0.717, 1.165) is 0 Å². The van der Waals surface area contributed by atoms with Gasteiger partial charge in [-0.1, -0.05) is 24.3 Å². The van der Waals surface area contributed by atoms with Crippen LogP contribution in [0.3, 0.4) is 0 Å². The molecule has 1 fully saturated rings. The maximum atomic E-state index is 12.0. The fourth-order valence-electron chi connectivity index (χ4n) is 2.51. The van der Waals surface area contributed by atoms with Gasteiger partial charge in [0.1, 0.15) is 5.75 Å². The summed E-state index contributed by atoms with van der Waals surface area (Å²) in [6.45, 7) is 2.25. The second-order valence-electron chi connectivity index (χ2n) is 5.64. The summed E-state index contributed by atoms with van der Waals surface area (Å²) in [5.41, 5.74) is 1.29. The molecule has 1 heterocycles. The minimum atomic E-state index is -0.459. The molecule has 138 valence electrons. The van der Waals surface area contributed by atoms with Crippen molar-refractivity contribution in [2.75, 3.05) is 24.7 Å². The highest BCUT2D eigenvalue weighted by atomic mass is 32.2. The number of benzene rings is 2. The highest BCUT2D eigenvalue weighted by Gasteiger charge is 2.16. The maximum Gasteiger partial charge on any atom is 0.349 e. The first-order valence-electron chi connectivity index (χ1n) is 8.64. The quantitative estimate of drug-likeness (QED) is 0.493. The van der Waals surface area contributed by atoms with Crippen LogP contribution in [0.25, 0.3) is 0 Å². The number of hydrogen-bond donors (Lipinski definition) is 0. The Bertz CT molecular complexity index is 712. The van der Waals surface area contributed by atoms with Crippen molar-refractivity contribution in [3.05, 3.63) is 54.1 Å². The summed E-state index contributed by atoms with van der Waals surface area (Å²) in [5.74, 6) is 3.59. The predicted octanol–water partition coefficient (Wildman–Crippen LogP) is 4.94. The lowest BCUT2D eigenvalue weighted by atomic mass is 10.2. The molecule has 2 aromatic carbocycles. The zero-order valence-corrected chi connectivity index (χ0v) is 16.3. The van der Waals surface area contributed by atoms with Crippen LogP contribution in [-0.2, 0) is 4.79 Å². The van der Waals surface area contributed by atoms with Gasteiger partial charge in [-0.05, 0) is 54.7 Å². The Morgan fingerprint density at radius 2 is 1.69 bits per heavy atom. The first-order chi connectivity index (χ1) is 12.8. The zero-order valence-electron chi connectivity index (χ0n) is 14.7. The fourth-order valence-corrected chi connectivity index (χ4v) is 5.40. The van der Waals surface area contributed by atoms with Gasteiger partial charge in [-0.25, -0.2) is 4.79 Å². The number of hydrogen-bond acceptors (Lipinski definition) is 6. The third-order valence-electron chi connectivity index (χ3n) is 3.71. The Kier molecular flexibility index (Phi) is 7.14. The molecule has 4 nitrogen and oxygen atoms in total. The standard InChI is InChI=1S/C20H22O4S2/c1-2-22-17-6-3-4-7-18(17)24-19(21)14-23-16-10-8-15(9-11-16)20-25-12-5-13-26-20/h3-4,6-11,20H,2,5,12-14H2,1H3. The largest absolute Gasteiger partial charge is 0.490 e. The average Bonchev–Trinajstić information content (AvgIpc) is 2.69. The lowest BCUT2D eigenvalue weighted by Crippen LogP contribution is -2.18. The van der Waals surface area contributed by atoms with E-state index < -0.39 is 5.97 Å². The van der Waals surface area contributed by atoms with Crippen LogP contribution in [0.4, 0.5) is 0 Å². The second kappa shape index (κ2) is 9.78. The molecular weight excluding hydrogens is 368 g/mol. The van der Waals surface area contributed by atoms with Crippen molar-refractivity contribution in [2.45, 2.75) is 17.9 Å². The van der Waals surface area contributed by atoms with Crippen molar-refractivity contribution < 1.29 is 19.0 Å². The van der Waals surface area contributed by atoms with Crippen LogP contribution in [0, 0.1) is 0 Å². The number of rotatable bonds is 7. The van der Waals surface area contributed by atoms with Gasteiger partial charge < -0.3 is 14.2 Å². The number of para-hydroxylation sites is 2.